The zero-order valence-electron chi connectivity index (χ0n) is 16.6. The number of carboxylic acid groups (broad SMARTS) is 1. The third-order valence-electron chi connectivity index (χ3n) is 4.19. The predicted octanol–water partition coefficient (Wildman–Crippen LogP) is 2.36. The molecule has 0 heterocycles. The Morgan fingerprint density at radius 1 is 1.14 bits per heavy atom. The van der Waals surface area contributed by atoms with Crippen LogP contribution in [0.3, 0.4) is 0 Å². The zero-order chi connectivity index (χ0) is 21.4. The summed E-state index contributed by atoms with van der Waals surface area (Å²) in [4.78, 5) is 11.5. The van der Waals surface area contributed by atoms with Gasteiger partial charge < -0.3 is 19.9 Å². The van der Waals surface area contributed by atoms with E-state index in [-0.39, 0.29) is 17.1 Å². The van der Waals surface area contributed by atoms with Crippen LogP contribution in [0.4, 0.5) is 5.69 Å². The summed E-state index contributed by atoms with van der Waals surface area (Å²) in [5.41, 5.74) is 1.31. The summed E-state index contributed by atoms with van der Waals surface area (Å²) in [7, 11) is -0.787. The van der Waals surface area contributed by atoms with Crippen LogP contribution < -0.4 is 14.8 Å². The number of carboxylic acids is 1. The number of ether oxygens (including phenoxy) is 2. The summed E-state index contributed by atoms with van der Waals surface area (Å²) in [6.07, 6.45) is 0.666. The van der Waals surface area contributed by atoms with E-state index in [1.165, 1.54) is 19.2 Å². The number of sulfonamides is 1. The van der Waals surface area contributed by atoms with E-state index in [2.05, 4.69) is 10.0 Å². The van der Waals surface area contributed by atoms with Gasteiger partial charge >= 0.3 is 5.97 Å². The van der Waals surface area contributed by atoms with Gasteiger partial charge in [-0.05, 0) is 49.2 Å². The lowest BCUT2D eigenvalue weighted by Crippen LogP contribution is -2.35. The topological polar surface area (TPSA) is 114 Å². The fraction of sp³-hybridized carbons (Fsp3) is 0.350. The van der Waals surface area contributed by atoms with E-state index in [1.807, 2.05) is 24.3 Å². The molecule has 0 unspecified atom stereocenters. The Morgan fingerprint density at radius 3 is 2.41 bits per heavy atom. The zero-order valence-corrected chi connectivity index (χ0v) is 17.5. The van der Waals surface area contributed by atoms with E-state index in [1.54, 1.807) is 14.0 Å². The summed E-state index contributed by atoms with van der Waals surface area (Å²) in [5, 5.41) is 12.6. The van der Waals surface area contributed by atoms with Gasteiger partial charge in [-0.1, -0.05) is 12.1 Å². The summed E-state index contributed by atoms with van der Waals surface area (Å²) in [6, 6.07) is 11.1. The Kier molecular flexibility index (Phi) is 8.00. The molecule has 8 nitrogen and oxygen atoms in total. The third-order valence-corrected chi connectivity index (χ3v) is 5.78. The van der Waals surface area contributed by atoms with Gasteiger partial charge in [0.05, 0.1) is 24.2 Å². The van der Waals surface area contributed by atoms with Gasteiger partial charge in [0.25, 0.3) is 0 Å². The van der Waals surface area contributed by atoms with Crippen molar-refractivity contribution in [3.05, 3.63) is 53.6 Å². The Bertz CT molecular complexity index is 928. The maximum atomic E-state index is 12.5. The molecule has 0 bridgehead atoms. The molecule has 2 aromatic carbocycles. The smallest absolute Gasteiger partial charge is 0.337 e. The molecule has 1 atom stereocenters. The average molecular weight is 423 g/mol. The minimum Gasteiger partial charge on any atom is -0.497 e. The van der Waals surface area contributed by atoms with Gasteiger partial charge in [-0.15, -0.1) is 0 Å². The predicted molar refractivity (Wildman–Crippen MR) is 110 cm³/mol. The molecule has 0 fully saturated rings. The van der Waals surface area contributed by atoms with Crippen LogP contribution in [0.25, 0.3) is 0 Å². The van der Waals surface area contributed by atoms with Gasteiger partial charge in [0.15, 0.2) is 0 Å². The van der Waals surface area contributed by atoms with Crippen molar-refractivity contribution in [2.75, 3.05) is 32.7 Å². The van der Waals surface area contributed by atoms with E-state index < -0.39 is 22.0 Å². The van der Waals surface area contributed by atoms with Gasteiger partial charge in [-0.2, -0.15) is 0 Å². The highest BCUT2D eigenvalue weighted by Gasteiger charge is 2.21. The molecular weight excluding hydrogens is 396 g/mol. The fourth-order valence-corrected chi connectivity index (χ4v) is 4.03. The number of rotatable bonds is 11. The second kappa shape index (κ2) is 10.2. The van der Waals surface area contributed by atoms with Crippen LogP contribution in [0.5, 0.6) is 5.75 Å². The molecule has 0 spiro atoms. The molecule has 2 rings (SSSR count). The largest absolute Gasteiger partial charge is 0.497 e. The van der Waals surface area contributed by atoms with Crippen LogP contribution >= 0.6 is 0 Å². The monoisotopic (exact) mass is 422 g/mol. The summed E-state index contributed by atoms with van der Waals surface area (Å²) in [5.74, 6) is -0.445. The van der Waals surface area contributed by atoms with Crippen molar-refractivity contribution in [1.82, 2.24) is 4.72 Å². The number of anilines is 1. The Morgan fingerprint density at radius 2 is 1.83 bits per heavy atom. The van der Waals surface area contributed by atoms with Crippen molar-refractivity contribution in [2.24, 2.45) is 0 Å². The number of carbonyl (C=O) groups is 1. The molecule has 158 valence electrons. The fourth-order valence-electron chi connectivity index (χ4n) is 2.77. The highest BCUT2D eigenvalue weighted by atomic mass is 32.2. The second-order valence-corrected chi connectivity index (χ2v) is 8.23. The minimum absolute atomic E-state index is 0.109. The molecule has 0 radical (unpaired) electrons. The number of methoxy groups -OCH3 is 2. The number of nitrogens with one attached hydrogen (secondary N) is 2. The van der Waals surface area contributed by atoms with Crippen LogP contribution in [0.2, 0.25) is 0 Å². The van der Waals surface area contributed by atoms with Crippen molar-refractivity contribution in [3.63, 3.8) is 0 Å². The Balaban J connectivity index is 2.11. The Hall–Kier alpha value is -2.62. The summed E-state index contributed by atoms with van der Waals surface area (Å²) < 4.78 is 37.4. The summed E-state index contributed by atoms with van der Waals surface area (Å²) >= 11 is 0. The van der Waals surface area contributed by atoms with Crippen LogP contribution in [0.15, 0.2) is 47.4 Å². The molecule has 0 saturated heterocycles. The lowest BCUT2D eigenvalue weighted by atomic mass is 10.1. The molecule has 0 aliphatic rings. The quantitative estimate of drug-likeness (QED) is 0.509. The van der Waals surface area contributed by atoms with Crippen molar-refractivity contribution in [3.8, 4) is 5.75 Å². The Labute approximate surface area is 170 Å². The molecule has 0 aromatic heterocycles. The molecule has 2 aromatic rings. The number of hydrogen-bond acceptors (Lipinski definition) is 6. The number of aromatic carboxylic acids is 1. The molecule has 9 heteroatoms. The first kappa shape index (κ1) is 22.7. The SMILES string of the molecule is COC[C@@H](C)NS(=O)(=O)c1ccc(NCCc2ccc(OC)cc2)c(C(=O)O)c1. The van der Waals surface area contributed by atoms with Crippen molar-refractivity contribution < 1.29 is 27.8 Å². The molecule has 0 aliphatic heterocycles. The molecule has 0 aliphatic carbocycles. The van der Waals surface area contributed by atoms with Crippen LogP contribution in [-0.2, 0) is 21.2 Å². The van der Waals surface area contributed by atoms with Crippen LogP contribution in [0, 0.1) is 0 Å². The van der Waals surface area contributed by atoms with Crippen LogP contribution in [-0.4, -0.2) is 52.9 Å². The second-order valence-electron chi connectivity index (χ2n) is 6.52. The first-order valence-electron chi connectivity index (χ1n) is 9.02. The number of hydrogen-bond donors (Lipinski definition) is 3. The molecular formula is C20H26N2O6S. The third kappa shape index (κ3) is 6.45. The maximum absolute atomic E-state index is 12.5. The van der Waals surface area contributed by atoms with Gasteiger partial charge in [0, 0.05) is 25.4 Å². The molecule has 0 amide bonds. The van der Waals surface area contributed by atoms with Crippen molar-refractivity contribution >= 4 is 21.7 Å². The van der Waals surface area contributed by atoms with E-state index in [4.69, 9.17) is 9.47 Å². The van der Waals surface area contributed by atoms with E-state index in [0.29, 0.717) is 18.7 Å². The maximum Gasteiger partial charge on any atom is 0.337 e. The standard InChI is InChI=1S/C20H26N2O6S/c1-14(13-27-2)22-29(25,26)17-8-9-19(18(12-17)20(23)24)21-11-10-15-4-6-16(28-3)7-5-15/h4-9,12,14,21-22H,10-11,13H2,1-3H3,(H,23,24)/t14-/m1/s1. The van der Waals surface area contributed by atoms with E-state index in [0.717, 1.165) is 17.4 Å². The molecule has 0 saturated carbocycles. The van der Waals surface area contributed by atoms with Crippen molar-refractivity contribution in [2.45, 2.75) is 24.3 Å². The summed E-state index contributed by atoms with van der Waals surface area (Å²) in [6.45, 7) is 2.35. The highest BCUT2D eigenvalue weighted by molar-refractivity contribution is 7.89. The van der Waals surface area contributed by atoms with Gasteiger partial charge in [0.1, 0.15) is 5.75 Å². The minimum atomic E-state index is -3.86. The molecule has 3 N–H and O–H groups in total. The van der Waals surface area contributed by atoms with Gasteiger partial charge in [-0.3, -0.25) is 0 Å². The molecule has 29 heavy (non-hydrogen) atoms. The first-order chi connectivity index (χ1) is 13.8. The van der Waals surface area contributed by atoms with Gasteiger partial charge in [-0.25, -0.2) is 17.9 Å². The average Bonchev–Trinajstić information content (AvgIpc) is 2.68. The highest BCUT2D eigenvalue weighted by Crippen LogP contribution is 2.21. The number of benzene rings is 2. The van der Waals surface area contributed by atoms with E-state index in [9.17, 15) is 18.3 Å². The lowest BCUT2D eigenvalue weighted by molar-refractivity contribution is 0.0697. The lowest BCUT2D eigenvalue weighted by Gasteiger charge is -2.15. The van der Waals surface area contributed by atoms with Crippen molar-refractivity contribution in [1.29, 1.82) is 0 Å². The normalized spacial score (nSPS) is 12.4. The van der Waals surface area contributed by atoms with Crippen LogP contribution in [0.1, 0.15) is 22.8 Å². The van der Waals surface area contributed by atoms with Gasteiger partial charge in [0.2, 0.25) is 10.0 Å². The first-order valence-corrected chi connectivity index (χ1v) is 10.5. The van der Waals surface area contributed by atoms with E-state index >= 15 is 0 Å².